The van der Waals surface area contributed by atoms with E-state index in [0.717, 1.165) is 16.0 Å². The van der Waals surface area contributed by atoms with Crippen molar-refractivity contribution < 1.29 is 0 Å². The van der Waals surface area contributed by atoms with Gasteiger partial charge in [-0.2, -0.15) is 5.26 Å². The van der Waals surface area contributed by atoms with Gasteiger partial charge in [-0.3, -0.25) is 0 Å². The molecule has 2 aromatic rings. The Bertz CT molecular complexity index is 559. The third kappa shape index (κ3) is 1.68. The van der Waals surface area contributed by atoms with Gasteiger partial charge in [-0.05, 0) is 25.0 Å². The molecule has 0 radical (unpaired) electrons. The van der Waals surface area contributed by atoms with E-state index in [0.29, 0.717) is 10.6 Å². The summed E-state index contributed by atoms with van der Waals surface area (Å²) in [6.45, 7) is 4.02. The van der Waals surface area contributed by atoms with Gasteiger partial charge in [0.05, 0.1) is 5.69 Å². The second-order valence-corrected chi connectivity index (χ2v) is 4.80. The molecule has 2 N–H and O–H groups in total. The van der Waals surface area contributed by atoms with Crippen molar-refractivity contribution in [2.75, 3.05) is 5.73 Å². The number of rotatable bonds is 1. The van der Waals surface area contributed by atoms with Gasteiger partial charge < -0.3 is 5.73 Å². The lowest BCUT2D eigenvalue weighted by molar-refractivity contribution is 1.46. The summed E-state index contributed by atoms with van der Waals surface area (Å²) in [4.78, 5) is 1.70. The Morgan fingerprint density at radius 2 is 1.81 bits per heavy atom. The van der Waals surface area contributed by atoms with Crippen molar-refractivity contribution >= 4 is 17.0 Å². The molecule has 2 rings (SSSR count). The molecule has 3 heteroatoms. The van der Waals surface area contributed by atoms with Crippen LogP contribution in [0.4, 0.5) is 5.69 Å². The van der Waals surface area contributed by atoms with Crippen LogP contribution in [-0.4, -0.2) is 0 Å². The summed E-state index contributed by atoms with van der Waals surface area (Å²) in [5.74, 6) is 0. The molecule has 0 fully saturated rings. The fourth-order valence-electron chi connectivity index (χ4n) is 1.59. The van der Waals surface area contributed by atoms with E-state index in [4.69, 9.17) is 11.0 Å². The Labute approximate surface area is 99.0 Å². The molecule has 0 saturated heterocycles. The van der Waals surface area contributed by atoms with Crippen LogP contribution in [0.1, 0.15) is 16.0 Å². The minimum Gasteiger partial charge on any atom is -0.397 e. The van der Waals surface area contributed by atoms with Gasteiger partial charge in [0.25, 0.3) is 0 Å². The topological polar surface area (TPSA) is 49.8 Å². The number of hydrogen-bond acceptors (Lipinski definition) is 3. The molecule has 0 bridgehead atoms. The van der Waals surface area contributed by atoms with E-state index in [-0.39, 0.29) is 0 Å². The molecule has 0 unspecified atom stereocenters. The standard InChI is InChI=1S/C13H12N2S/c1-8-3-5-10(6-4-8)13-9(2)12(15)11(7-14)16-13/h3-6H,15H2,1-2H3. The molecule has 0 aliphatic rings. The van der Waals surface area contributed by atoms with Crippen molar-refractivity contribution in [1.29, 1.82) is 5.26 Å². The molecule has 0 spiro atoms. The summed E-state index contributed by atoms with van der Waals surface area (Å²) in [6, 6.07) is 10.4. The minimum atomic E-state index is 0.605. The average Bonchev–Trinajstić information content (AvgIpc) is 2.57. The van der Waals surface area contributed by atoms with Crippen molar-refractivity contribution in [3.8, 4) is 16.5 Å². The molecule has 0 aliphatic heterocycles. The maximum atomic E-state index is 8.93. The number of nitrogens with zero attached hydrogens (tertiary/aromatic N) is 1. The molecule has 1 aromatic carbocycles. The van der Waals surface area contributed by atoms with E-state index in [1.54, 1.807) is 0 Å². The summed E-state index contributed by atoms with van der Waals surface area (Å²) >= 11 is 1.46. The van der Waals surface area contributed by atoms with Gasteiger partial charge in [-0.15, -0.1) is 11.3 Å². The van der Waals surface area contributed by atoms with Crippen molar-refractivity contribution in [3.05, 3.63) is 40.3 Å². The Morgan fingerprint density at radius 1 is 1.19 bits per heavy atom. The van der Waals surface area contributed by atoms with Crippen LogP contribution in [0.15, 0.2) is 24.3 Å². The van der Waals surface area contributed by atoms with Gasteiger partial charge in [0.15, 0.2) is 0 Å². The monoisotopic (exact) mass is 228 g/mol. The maximum Gasteiger partial charge on any atom is 0.128 e. The Kier molecular flexibility index (Phi) is 2.67. The second-order valence-electron chi connectivity index (χ2n) is 3.78. The number of nitrogens with two attached hydrogens (primary N) is 1. The fraction of sp³-hybridized carbons (Fsp3) is 0.154. The molecule has 1 aromatic heterocycles. The van der Waals surface area contributed by atoms with Crippen LogP contribution >= 0.6 is 11.3 Å². The molecular weight excluding hydrogens is 216 g/mol. The lowest BCUT2D eigenvalue weighted by atomic mass is 10.1. The summed E-state index contributed by atoms with van der Waals surface area (Å²) in [5.41, 5.74) is 9.84. The third-order valence-corrected chi connectivity index (χ3v) is 3.87. The number of aryl methyl sites for hydroxylation is 1. The summed E-state index contributed by atoms with van der Waals surface area (Å²) in [7, 11) is 0. The molecule has 2 nitrogen and oxygen atoms in total. The molecule has 0 saturated carbocycles. The van der Waals surface area contributed by atoms with E-state index in [9.17, 15) is 0 Å². The van der Waals surface area contributed by atoms with E-state index in [1.165, 1.54) is 16.9 Å². The molecule has 1 heterocycles. The number of benzene rings is 1. The molecule has 80 valence electrons. The Hall–Kier alpha value is -1.79. The van der Waals surface area contributed by atoms with Crippen LogP contribution in [0.2, 0.25) is 0 Å². The van der Waals surface area contributed by atoms with E-state index < -0.39 is 0 Å². The highest BCUT2D eigenvalue weighted by atomic mass is 32.1. The van der Waals surface area contributed by atoms with Crippen LogP contribution in [0.25, 0.3) is 10.4 Å². The van der Waals surface area contributed by atoms with Crippen LogP contribution in [0, 0.1) is 25.2 Å². The smallest absolute Gasteiger partial charge is 0.128 e. The Balaban J connectivity index is 2.57. The number of nitriles is 1. The van der Waals surface area contributed by atoms with E-state index in [1.807, 2.05) is 6.92 Å². The summed E-state index contributed by atoms with van der Waals surface area (Å²) in [5, 5.41) is 8.93. The van der Waals surface area contributed by atoms with Crippen molar-refractivity contribution in [3.63, 3.8) is 0 Å². The lowest BCUT2D eigenvalue weighted by Crippen LogP contribution is -1.87. The van der Waals surface area contributed by atoms with Crippen LogP contribution in [0.5, 0.6) is 0 Å². The van der Waals surface area contributed by atoms with Crippen LogP contribution in [-0.2, 0) is 0 Å². The zero-order chi connectivity index (χ0) is 11.7. The van der Waals surface area contributed by atoms with Crippen LogP contribution in [0.3, 0.4) is 0 Å². The van der Waals surface area contributed by atoms with Gasteiger partial charge in [0, 0.05) is 4.88 Å². The van der Waals surface area contributed by atoms with Gasteiger partial charge in [0.2, 0.25) is 0 Å². The predicted octanol–water partition coefficient (Wildman–Crippen LogP) is 3.49. The molecule has 0 aliphatic carbocycles. The van der Waals surface area contributed by atoms with E-state index in [2.05, 4.69) is 37.3 Å². The van der Waals surface area contributed by atoms with Crippen molar-refractivity contribution in [2.45, 2.75) is 13.8 Å². The van der Waals surface area contributed by atoms with Crippen LogP contribution < -0.4 is 5.73 Å². The first-order valence-electron chi connectivity index (χ1n) is 4.99. The quantitative estimate of drug-likeness (QED) is 0.812. The highest BCUT2D eigenvalue weighted by molar-refractivity contribution is 7.16. The highest BCUT2D eigenvalue weighted by Crippen LogP contribution is 2.37. The summed E-state index contributed by atoms with van der Waals surface area (Å²) in [6.07, 6.45) is 0. The minimum absolute atomic E-state index is 0.605. The zero-order valence-electron chi connectivity index (χ0n) is 9.24. The maximum absolute atomic E-state index is 8.93. The third-order valence-electron chi connectivity index (χ3n) is 2.61. The van der Waals surface area contributed by atoms with Crippen molar-refractivity contribution in [2.24, 2.45) is 0 Å². The first kappa shape index (κ1) is 10.7. The molecule has 0 amide bonds. The lowest BCUT2D eigenvalue weighted by Gasteiger charge is -2.00. The van der Waals surface area contributed by atoms with E-state index >= 15 is 0 Å². The fourth-order valence-corrected chi connectivity index (χ4v) is 2.62. The summed E-state index contributed by atoms with van der Waals surface area (Å²) < 4.78 is 0. The van der Waals surface area contributed by atoms with Gasteiger partial charge >= 0.3 is 0 Å². The van der Waals surface area contributed by atoms with Crippen molar-refractivity contribution in [1.82, 2.24) is 0 Å². The predicted molar refractivity (Wildman–Crippen MR) is 68.4 cm³/mol. The molecular formula is C13H12N2S. The number of nitrogen functional groups attached to an aromatic ring is 1. The first-order valence-corrected chi connectivity index (χ1v) is 5.81. The Morgan fingerprint density at radius 3 is 2.31 bits per heavy atom. The average molecular weight is 228 g/mol. The number of thiophene rings is 1. The van der Waals surface area contributed by atoms with Gasteiger partial charge in [-0.1, -0.05) is 29.8 Å². The SMILES string of the molecule is Cc1ccc(-c2sc(C#N)c(N)c2C)cc1. The molecule has 0 atom stereocenters. The zero-order valence-corrected chi connectivity index (χ0v) is 10.1. The highest BCUT2D eigenvalue weighted by Gasteiger charge is 2.13. The number of hydrogen-bond donors (Lipinski definition) is 1. The first-order chi connectivity index (χ1) is 7.63. The van der Waals surface area contributed by atoms with Gasteiger partial charge in [0.1, 0.15) is 10.9 Å². The normalized spacial score (nSPS) is 10.1. The van der Waals surface area contributed by atoms with Gasteiger partial charge in [-0.25, -0.2) is 0 Å². The largest absolute Gasteiger partial charge is 0.397 e. The second kappa shape index (κ2) is 3.99. The number of anilines is 1. The molecule has 16 heavy (non-hydrogen) atoms.